The van der Waals surface area contributed by atoms with E-state index >= 15 is 0 Å². The van der Waals surface area contributed by atoms with Gasteiger partial charge in [-0.15, -0.1) is 0 Å². The van der Waals surface area contributed by atoms with Crippen molar-refractivity contribution in [2.45, 2.75) is 32.7 Å². The molecule has 1 N–H and O–H groups in total. The van der Waals surface area contributed by atoms with Gasteiger partial charge in [-0.1, -0.05) is 0 Å². The van der Waals surface area contributed by atoms with Crippen LogP contribution >= 0.6 is 0 Å². The van der Waals surface area contributed by atoms with Crippen molar-refractivity contribution in [1.29, 1.82) is 0 Å². The minimum Gasteiger partial charge on any atom is -0.266 e. The lowest BCUT2D eigenvalue weighted by Gasteiger charge is -2.12. The lowest BCUT2D eigenvalue weighted by molar-refractivity contribution is 0.0975. The molecule has 0 aliphatic heterocycles. The van der Waals surface area contributed by atoms with Gasteiger partial charge in [-0.2, -0.15) is 5.10 Å². The second-order valence-electron chi connectivity index (χ2n) is 4.90. The highest BCUT2D eigenvalue weighted by Crippen LogP contribution is 2.39. The Morgan fingerprint density at radius 3 is 2.67 bits per heavy atom. The zero-order valence-electron chi connectivity index (χ0n) is 10.7. The Hall–Kier alpha value is -1.37. The summed E-state index contributed by atoms with van der Waals surface area (Å²) < 4.78 is 25.7. The number of carbonyl (C=O) groups is 1. The minimum atomic E-state index is -3.55. The monoisotopic (exact) mass is 271 g/mol. The number of carbonyl (C=O) groups excluding carboxylic acids is 1. The van der Waals surface area contributed by atoms with Gasteiger partial charge in [0.15, 0.2) is 5.69 Å². The molecule has 1 aromatic rings. The van der Waals surface area contributed by atoms with E-state index in [0.29, 0.717) is 5.92 Å². The number of hydrogen-bond donors (Lipinski definition) is 1. The van der Waals surface area contributed by atoms with Crippen LogP contribution in [0.15, 0.2) is 6.07 Å². The first-order valence-electron chi connectivity index (χ1n) is 5.86. The molecule has 18 heavy (non-hydrogen) atoms. The average Bonchev–Trinajstić information content (AvgIpc) is 2.98. The van der Waals surface area contributed by atoms with Gasteiger partial charge >= 0.3 is 0 Å². The molecule has 0 aromatic carbocycles. The number of nitrogens with one attached hydrogen (secondary N) is 1. The van der Waals surface area contributed by atoms with Crippen LogP contribution in [0.2, 0.25) is 0 Å². The van der Waals surface area contributed by atoms with Crippen LogP contribution in [0.5, 0.6) is 0 Å². The number of aryl methyl sites for hydroxylation is 1. The van der Waals surface area contributed by atoms with Crippen LogP contribution in [-0.4, -0.2) is 30.4 Å². The lowest BCUT2D eigenvalue weighted by Crippen LogP contribution is -2.29. The summed E-state index contributed by atoms with van der Waals surface area (Å²) in [7, 11) is -3.55. The predicted octanol–water partition coefficient (Wildman–Crippen LogP) is 0.852. The number of sulfonamides is 1. The van der Waals surface area contributed by atoms with E-state index < -0.39 is 15.9 Å². The van der Waals surface area contributed by atoms with E-state index in [0.717, 1.165) is 11.9 Å². The number of rotatable bonds is 4. The lowest BCUT2D eigenvalue weighted by atomic mass is 10.2. The van der Waals surface area contributed by atoms with E-state index in [2.05, 4.69) is 12.0 Å². The van der Waals surface area contributed by atoms with Gasteiger partial charge in [-0.05, 0) is 38.7 Å². The molecule has 100 valence electrons. The van der Waals surface area contributed by atoms with Gasteiger partial charge < -0.3 is 0 Å². The molecule has 1 aliphatic carbocycles. The third kappa shape index (κ3) is 2.90. The molecule has 1 aliphatic rings. The largest absolute Gasteiger partial charge is 0.285 e. The summed E-state index contributed by atoms with van der Waals surface area (Å²) in [6, 6.07) is 1.86. The van der Waals surface area contributed by atoms with Crippen molar-refractivity contribution < 1.29 is 13.2 Å². The standard InChI is InChI=1S/C11H17N3O3S/c1-7-6-10(11(15)13-18(3,16)17)12-14(7)8(2)9-4-5-9/h6,8-9H,4-5H2,1-3H3,(H,13,15). The molecule has 1 fully saturated rings. The Bertz CT molecular complexity index is 572. The predicted molar refractivity (Wildman–Crippen MR) is 66.7 cm³/mol. The molecule has 0 spiro atoms. The Morgan fingerprint density at radius 1 is 1.56 bits per heavy atom. The van der Waals surface area contributed by atoms with Gasteiger partial charge in [0.25, 0.3) is 5.91 Å². The maximum atomic E-state index is 11.7. The Labute approximate surface area is 106 Å². The van der Waals surface area contributed by atoms with Gasteiger partial charge in [0.1, 0.15) is 0 Å². The van der Waals surface area contributed by atoms with Crippen molar-refractivity contribution in [1.82, 2.24) is 14.5 Å². The van der Waals surface area contributed by atoms with E-state index in [9.17, 15) is 13.2 Å². The fraction of sp³-hybridized carbons (Fsp3) is 0.636. The van der Waals surface area contributed by atoms with Gasteiger partial charge in [0, 0.05) is 5.69 Å². The molecule has 1 aromatic heterocycles. The number of nitrogens with zero attached hydrogens (tertiary/aromatic N) is 2. The maximum absolute atomic E-state index is 11.7. The van der Waals surface area contributed by atoms with Crippen molar-refractivity contribution in [2.24, 2.45) is 5.92 Å². The number of amides is 1. The number of aromatic nitrogens is 2. The first kappa shape index (κ1) is 13.1. The van der Waals surface area contributed by atoms with Crippen molar-refractivity contribution in [3.63, 3.8) is 0 Å². The average molecular weight is 271 g/mol. The second kappa shape index (κ2) is 4.38. The van der Waals surface area contributed by atoms with E-state index in [1.807, 2.05) is 11.6 Å². The van der Waals surface area contributed by atoms with Gasteiger partial charge in [-0.25, -0.2) is 13.1 Å². The molecule has 1 heterocycles. The van der Waals surface area contributed by atoms with Crippen LogP contribution in [0.1, 0.15) is 42.0 Å². The van der Waals surface area contributed by atoms with Gasteiger partial charge in [0.2, 0.25) is 10.0 Å². The summed E-state index contributed by atoms with van der Waals surface area (Å²) >= 11 is 0. The highest BCUT2D eigenvalue weighted by Gasteiger charge is 2.31. The van der Waals surface area contributed by atoms with E-state index in [-0.39, 0.29) is 11.7 Å². The van der Waals surface area contributed by atoms with Crippen molar-refractivity contribution >= 4 is 15.9 Å². The molecule has 1 saturated carbocycles. The summed E-state index contributed by atoms with van der Waals surface area (Å²) in [6.07, 6.45) is 3.32. The molecular formula is C11H17N3O3S. The summed E-state index contributed by atoms with van der Waals surface area (Å²) in [6.45, 7) is 3.93. The molecule has 0 radical (unpaired) electrons. The topological polar surface area (TPSA) is 81.1 Å². The zero-order chi connectivity index (χ0) is 13.5. The maximum Gasteiger partial charge on any atom is 0.285 e. The first-order valence-corrected chi connectivity index (χ1v) is 7.75. The smallest absolute Gasteiger partial charge is 0.266 e. The van der Waals surface area contributed by atoms with Gasteiger partial charge in [-0.3, -0.25) is 9.48 Å². The van der Waals surface area contributed by atoms with E-state index in [1.54, 1.807) is 10.7 Å². The minimum absolute atomic E-state index is 0.144. The molecule has 1 atom stereocenters. The number of hydrogen-bond acceptors (Lipinski definition) is 4. The molecule has 0 saturated heterocycles. The van der Waals surface area contributed by atoms with Crippen LogP contribution in [0.25, 0.3) is 0 Å². The third-order valence-corrected chi connectivity index (χ3v) is 3.68. The fourth-order valence-electron chi connectivity index (χ4n) is 2.01. The quantitative estimate of drug-likeness (QED) is 0.880. The first-order chi connectivity index (χ1) is 8.28. The molecular weight excluding hydrogens is 254 g/mol. The molecule has 6 nitrogen and oxygen atoms in total. The van der Waals surface area contributed by atoms with Crippen LogP contribution in [0.3, 0.4) is 0 Å². The summed E-state index contributed by atoms with van der Waals surface area (Å²) in [5, 5.41) is 4.20. The van der Waals surface area contributed by atoms with Gasteiger partial charge in [0.05, 0.1) is 12.3 Å². The van der Waals surface area contributed by atoms with Crippen molar-refractivity contribution in [3.05, 3.63) is 17.5 Å². The SMILES string of the molecule is Cc1cc(C(=O)NS(C)(=O)=O)nn1C(C)C1CC1. The van der Waals surface area contributed by atoms with Crippen LogP contribution < -0.4 is 4.72 Å². The molecule has 0 bridgehead atoms. The highest BCUT2D eigenvalue weighted by molar-refractivity contribution is 7.89. The van der Waals surface area contributed by atoms with Crippen molar-refractivity contribution in [3.8, 4) is 0 Å². The Balaban J connectivity index is 2.20. The van der Waals surface area contributed by atoms with E-state index in [1.165, 1.54) is 12.8 Å². The summed E-state index contributed by atoms with van der Waals surface area (Å²) in [5.41, 5.74) is 1.01. The van der Waals surface area contributed by atoms with E-state index in [4.69, 9.17) is 0 Å². The molecule has 2 rings (SSSR count). The second-order valence-corrected chi connectivity index (χ2v) is 6.65. The highest BCUT2D eigenvalue weighted by atomic mass is 32.2. The fourth-order valence-corrected chi connectivity index (χ4v) is 2.45. The Morgan fingerprint density at radius 2 is 2.17 bits per heavy atom. The van der Waals surface area contributed by atoms with Crippen molar-refractivity contribution in [2.75, 3.05) is 6.26 Å². The van der Waals surface area contributed by atoms with Crippen LogP contribution in [0.4, 0.5) is 0 Å². The molecule has 1 unspecified atom stereocenters. The zero-order valence-corrected chi connectivity index (χ0v) is 11.5. The Kier molecular flexibility index (Phi) is 3.18. The van der Waals surface area contributed by atoms with Crippen LogP contribution in [0, 0.1) is 12.8 Å². The molecule has 1 amide bonds. The summed E-state index contributed by atoms with van der Waals surface area (Å²) in [5.74, 6) is -0.0586. The van der Waals surface area contributed by atoms with Crippen LogP contribution in [-0.2, 0) is 10.0 Å². The third-order valence-electron chi connectivity index (χ3n) is 3.12. The molecule has 7 heteroatoms. The summed E-state index contributed by atoms with van der Waals surface area (Å²) in [4.78, 5) is 11.7. The normalized spacial score (nSPS) is 17.5.